The Hall–Kier alpha value is -4.28. The molecule has 1 aliphatic rings. The lowest BCUT2D eigenvalue weighted by molar-refractivity contribution is -0.120. The Kier molecular flexibility index (Phi) is 6.25. The summed E-state index contributed by atoms with van der Waals surface area (Å²) < 4.78 is 23.9. The molecule has 0 aromatic heterocycles. The Morgan fingerprint density at radius 2 is 1.54 bits per heavy atom. The van der Waals surface area contributed by atoms with E-state index in [1.54, 1.807) is 73.7 Å². The second kappa shape index (κ2) is 9.16. The molecular weight excluding hydrogens is 468 g/mol. The number of amides is 2. The van der Waals surface area contributed by atoms with Gasteiger partial charge in [-0.2, -0.15) is 0 Å². The van der Waals surface area contributed by atoms with E-state index in [1.807, 2.05) is 0 Å². The molecule has 1 saturated heterocycles. The number of amidine groups is 1. The second-order valence-electron chi connectivity index (χ2n) is 7.97. The van der Waals surface area contributed by atoms with Gasteiger partial charge in [-0.25, -0.2) is 18.5 Å². The highest BCUT2D eigenvalue weighted by Crippen LogP contribution is 2.33. The molecule has 0 radical (unpaired) electrons. The fraction of sp³-hybridized carbons (Fsp3) is 0.0800. The molecule has 0 aliphatic carbocycles. The van der Waals surface area contributed by atoms with Gasteiger partial charge >= 0.3 is 0 Å². The van der Waals surface area contributed by atoms with E-state index in [0.29, 0.717) is 33.5 Å². The fourth-order valence-electron chi connectivity index (χ4n) is 3.97. The van der Waals surface area contributed by atoms with Crippen LogP contribution < -0.4 is 15.8 Å². The van der Waals surface area contributed by atoms with Crippen molar-refractivity contribution in [1.29, 1.82) is 0 Å². The third-order valence-electron chi connectivity index (χ3n) is 5.84. The highest BCUT2D eigenvalue weighted by atomic mass is 32.2. The average molecular weight is 491 g/mol. The molecule has 0 atom stereocenters. The van der Waals surface area contributed by atoms with Crippen molar-refractivity contribution in [2.24, 2.45) is 16.0 Å². The minimum absolute atomic E-state index is 0.0139. The van der Waals surface area contributed by atoms with Gasteiger partial charge in [-0.3, -0.25) is 9.59 Å². The van der Waals surface area contributed by atoms with Gasteiger partial charge < -0.3 is 10.9 Å². The highest BCUT2D eigenvalue weighted by molar-refractivity contribution is 7.89. The fourth-order valence-corrected chi connectivity index (χ4v) is 4.74. The number of nitrogens with zero attached hydrogens (tertiary/aromatic N) is 2. The minimum Gasteiger partial charge on any atom is -0.409 e. The van der Waals surface area contributed by atoms with Crippen LogP contribution in [0.25, 0.3) is 16.7 Å². The Bertz CT molecular complexity index is 1490. The van der Waals surface area contributed by atoms with E-state index in [4.69, 9.17) is 16.1 Å². The maximum atomic E-state index is 13.2. The number of sulfonamides is 1. The molecule has 35 heavy (non-hydrogen) atoms. The number of imide groups is 1. The summed E-state index contributed by atoms with van der Waals surface area (Å²) in [6.07, 6.45) is -0.0529. The van der Waals surface area contributed by atoms with Gasteiger partial charge in [0.2, 0.25) is 15.9 Å². The summed E-state index contributed by atoms with van der Waals surface area (Å²) in [4.78, 5) is 27.0. The smallest absolute Gasteiger partial charge is 0.261 e. The molecule has 0 unspecified atom stereocenters. The van der Waals surface area contributed by atoms with Crippen LogP contribution in [0.4, 0.5) is 5.69 Å². The van der Waals surface area contributed by atoms with Crippen LogP contribution in [0.1, 0.15) is 24.5 Å². The van der Waals surface area contributed by atoms with Crippen molar-refractivity contribution in [1.82, 2.24) is 0 Å². The number of carbonyl (C=O) groups is 2. The molecule has 1 fully saturated rings. The van der Waals surface area contributed by atoms with Gasteiger partial charge in [0.25, 0.3) is 5.91 Å². The highest BCUT2D eigenvalue weighted by Gasteiger charge is 2.36. The number of rotatable bonds is 5. The topological polar surface area (TPSA) is 156 Å². The third kappa shape index (κ3) is 4.57. The zero-order chi connectivity index (χ0) is 25.3. The third-order valence-corrected chi connectivity index (χ3v) is 6.81. The lowest BCUT2D eigenvalue weighted by Gasteiger charge is -2.15. The van der Waals surface area contributed by atoms with Crippen LogP contribution in [0, 0.1) is 0 Å². The molecule has 4 rings (SSSR count). The van der Waals surface area contributed by atoms with Gasteiger partial charge in [0, 0.05) is 16.7 Å². The SMILES string of the molecule is C/C(=C1\CC(=O)N(c2ccc(-c3ccccc3S(N)(=O)=O)cc2)C1=O)c1ccc(/C(N)=N/O)cc1. The normalized spacial score (nSPS) is 16.1. The molecule has 178 valence electrons. The van der Waals surface area contributed by atoms with Crippen LogP contribution in [0.5, 0.6) is 0 Å². The number of allylic oxidation sites excluding steroid dienone is 1. The minimum atomic E-state index is -3.93. The number of anilines is 1. The zero-order valence-corrected chi connectivity index (χ0v) is 19.5. The van der Waals surface area contributed by atoms with Crippen LogP contribution >= 0.6 is 0 Å². The van der Waals surface area contributed by atoms with Crippen LogP contribution in [0.3, 0.4) is 0 Å². The Morgan fingerprint density at radius 3 is 2.14 bits per heavy atom. The van der Waals surface area contributed by atoms with Crippen molar-refractivity contribution in [2.75, 3.05) is 4.90 Å². The standard InChI is InChI=1S/C25H22N4O5S/c1-15(16-6-8-18(9-7-16)24(26)28-32)21-14-23(30)29(25(21)31)19-12-10-17(11-13-19)20-4-2-3-5-22(20)35(27,33)34/h2-13,32H,14H2,1H3,(H2,26,28)(H2,27,33,34)/b21-15-. The van der Waals surface area contributed by atoms with Crippen LogP contribution in [0.2, 0.25) is 0 Å². The number of hydrogen-bond donors (Lipinski definition) is 3. The molecule has 0 bridgehead atoms. The summed E-state index contributed by atoms with van der Waals surface area (Å²) in [7, 11) is -3.93. The number of oxime groups is 1. The Labute approximate surface area is 202 Å². The molecule has 2 amide bonds. The summed E-state index contributed by atoms with van der Waals surface area (Å²) in [5.41, 5.74) is 9.24. The van der Waals surface area contributed by atoms with E-state index in [2.05, 4.69) is 5.16 Å². The quantitative estimate of drug-likeness (QED) is 0.125. The number of benzene rings is 3. The molecular formula is C25H22N4O5S. The molecule has 3 aromatic rings. The first-order valence-corrected chi connectivity index (χ1v) is 12.0. The monoisotopic (exact) mass is 490 g/mol. The van der Waals surface area contributed by atoms with Gasteiger partial charge in [0.1, 0.15) is 0 Å². The summed E-state index contributed by atoms with van der Waals surface area (Å²) in [5.74, 6) is -0.823. The van der Waals surface area contributed by atoms with Crippen molar-refractivity contribution in [3.05, 3.63) is 89.5 Å². The van der Waals surface area contributed by atoms with Gasteiger partial charge in [0.15, 0.2) is 5.84 Å². The molecule has 0 spiro atoms. The van der Waals surface area contributed by atoms with Crippen molar-refractivity contribution >= 4 is 38.9 Å². The van der Waals surface area contributed by atoms with Gasteiger partial charge in [-0.15, -0.1) is 0 Å². The van der Waals surface area contributed by atoms with Crippen molar-refractivity contribution in [2.45, 2.75) is 18.2 Å². The molecule has 3 aromatic carbocycles. The van der Waals surface area contributed by atoms with Crippen molar-refractivity contribution in [3.63, 3.8) is 0 Å². The predicted octanol–water partition coefficient (Wildman–Crippen LogP) is 2.83. The number of primary sulfonamides is 1. The summed E-state index contributed by atoms with van der Waals surface area (Å²) in [6, 6.07) is 19.6. The van der Waals surface area contributed by atoms with E-state index in [1.165, 1.54) is 6.07 Å². The van der Waals surface area contributed by atoms with E-state index in [0.717, 1.165) is 10.5 Å². The Balaban J connectivity index is 1.64. The molecule has 9 nitrogen and oxygen atoms in total. The molecule has 1 heterocycles. The largest absolute Gasteiger partial charge is 0.409 e. The zero-order valence-electron chi connectivity index (χ0n) is 18.7. The molecule has 0 saturated carbocycles. The first-order chi connectivity index (χ1) is 16.6. The summed E-state index contributed by atoms with van der Waals surface area (Å²) in [5, 5.41) is 17.1. The van der Waals surface area contributed by atoms with Crippen LogP contribution in [-0.2, 0) is 19.6 Å². The van der Waals surface area contributed by atoms with Gasteiger partial charge in [-0.1, -0.05) is 59.8 Å². The second-order valence-corrected chi connectivity index (χ2v) is 9.50. The van der Waals surface area contributed by atoms with E-state index in [9.17, 15) is 18.0 Å². The van der Waals surface area contributed by atoms with Crippen LogP contribution in [0.15, 0.2) is 88.4 Å². The van der Waals surface area contributed by atoms with Gasteiger partial charge in [0.05, 0.1) is 17.0 Å². The maximum Gasteiger partial charge on any atom is 0.261 e. The van der Waals surface area contributed by atoms with Crippen LogP contribution in [-0.4, -0.2) is 31.3 Å². The van der Waals surface area contributed by atoms with E-state index in [-0.39, 0.29) is 23.1 Å². The summed E-state index contributed by atoms with van der Waals surface area (Å²) in [6.45, 7) is 1.76. The van der Waals surface area contributed by atoms with Gasteiger partial charge in [-0.05, 0) is 41.8 Å². The van der Waals surface area contributed by atoms with E-state index >= 15 is 0 Å². The first kappa shape index (κ1) is 23.9. The summed E-state index contributed by atoms with van der Waals surface area (Å²) >= 11 is 0. The maximum absolute atomic E-state index is 13.2. The lowest BCUT2D eigenvalue weighted by Crippen LogP contribution is -2.29. The predicted molar refractivity (Wildman–Crippen MR) is 132 cm³/mol. The first-order valence-electron chi connectivity index (χ1n) is 10.5. The molecule has 5 N–H and O–H groups in total. The molecule has 1 aliphatic heterocycles. The lowest BCUT2D eigenvalue weighted by atomic mass is 9.99. The van der Waals surface area contributed by atoms with E-state index < -0.39 is 15.9 Å². The van der Waals surface area contributed by atoms with Crippen molar-refractivity contribution in [3.8, 4) is 11.1 Å². The van der Waals surface area contributed by atoms with Crippen molar-refractivity contribution < 1.29 is 23.2 Å². The number of hydrogen-bond acceptors (Lipinski definition) is 6. The number of nitrogens with two attached hydrogens (primary N) is 2. The number of carbonyl (C=O) groups excluding carboxylic acids is 2. The Morgan fingerprint density at radius 1 is 0.943 bits per heavy atom. The molecule has 10 heteroatoms. The average Bonchev–Trinajstić information content (AvgIpc) is 3.16.